The summed E-state index contributed by atoms with van der Waals surface area (Å²) in [6.07, 6.45) is -3.19. The number of hydrogen-bond donors (Lipinski definition) is 0. The summed E-state index contributed by atoms with van der Waals surface area (Å²) in [5.41, 5.74) is -2.44. The Hall–Kier alpha value is -3.75. The smallest absolute Gasteiger partial charge is 0.207 e. The van der Waals surface area contributed by atoms with Gasteiger partial charge in [-0.1, -0.05) is 37.6 Å². The summed E-state index contributed by atoms with van der Waals surface area (Å²) < 4.78 is 128. The molecule has 9 heteroatoms. The Morgan fingerprint density at radius 2 is 0.949 bits per heavy atom. The largest absolute Gasteiger partial charge is 0.395 e. The van der Waals surface area contributed by atoms with E-state index in [9.17, 15) is 30.7 Å². The molecular weight excluding hydrogens is 531 g/mol. The quantitative estimate of drug-likeness (QED) is 0.209. The van der Waals surface area contributed by atoms with Crippen LogP contribution in [-0.4, -0.2) is 6.18 Å². The van der Waals surface area contributed by atoms with Crippen LogP contribution in [0.2, 0.25) is 0 Å². The molecule has 1 unspecified atom stereocenters. The highest BCUT2D eigenvalue weighted by atomic mass is 19.4. The number of hydrogen-bond acceptors (Lipinski definition) is 0. The van der Waals surface area contributed by atoms with Crippen LogP contribution in [0.5, 0.6) is 0 Å². The SMILES string of the molecule is CCCc1ccc(-c2cc(F)c(-c3cc(F)c(-c4cc(F)c(C(C)C(F)(F)F)c(F)c4)c(F)c3)c(F)c2)cc1. The first-order valence-electron chi connectivity index (χ1n) is 12.0. The predicted molar refractivity (Wildman–Crippen MR) is 131 cm³/mol. The highest BCUT2D eigenvalue weighted by Gasteiger charge is 2.40. The molecule has 0 saturated heterocycles. The molecule has 0 aliphatic heterocycles. The van der Waals surface area contributed by atoms with Gasteiger partial charge in [-0.3, -0.25) is 0 Å². The van der Waals surface area contributed by atoms with E-state index in [1.54, 1.807) is 12.1 Å². The van der Waals surface area contributed by atoms with Gasteiger partial charge in [-0.25, -0.2) is 26.3 Å². The molecule has 0 N–H and O–H groups in total. The van der Waals surface area contributed by atoms with Crippen LogP contribution in [-0.2, 0) is 6.42 Å². The van der Waals surface area contributed by atoms with Crippen LogP contribution in [0.15, 0.2) is 60.7 Å². The molecule has 0 bridgehead atoms. The van der Waals surface area contributed by atoms with Crippen LogP contribution in [0.25, 0.3) is 33.4 Å². The van der Waals surface area contributed by atoms with Gasteiger partial charge in [0, 0.05) is 5.56 Å². The lowest BCUT2D eigenvalue weighted by Gasteiger charge is -2.18. The van der Waals surface area contributed by atoms with E-state index < -0.39 is 74.8 Å². The summed E-state index contributed by atoms with van der Waals surface area (Å²) in [6, 6.07) is 11.0. The van der Waals surface area contributed by atoms with E-state index in [1.807, 2.05) is 19.1 Å². The van der Waals surface area contributed by atoms with Gasteiger partial charge in [0.15, 0.2) is 0 Å². The molecule has 0 saturated carbocycles. The van der Waals surface area contributed by atoms with Crippen molar-refractivity contribution in [3.8, 4) is 33.4 Å². The molecule has 0 fully saturated rings. The van der Waals surface area contributed by atoms with Gasteiger partial charge in [-0.2, -0.15) is 13.2 Å². The fraction of sp³-hybridized carbons (Fsp3) is 0.200. The Balaban J connectivity index is 1.73. The third-order valence-corrected chi connectivity index (χ3v) is 6.49. The van der Waals surface area contributed by atoms with Gasteiger partial charge in [0.05, 0.1) is 17.0 Å². The van der Waals surface area contributed by atoms with Crippen molar-refractivity contribution in [2.24, 2.45) is 0 Å². The second-order valence-electron chi connectivity index (χ2n) is 9.19. The molecule has 4 aromatic rings. The van der Waals surface area contributed by atoms with Crippen LogP contribution in [0.3, 0.4) is 0 Å². The van der Waals surface area contributed by atoms with Crippen LogP contribution in [0.1, 0.15) is 37.3 Å². The molecule has 0 heterocycles. The molecule has 0 spiro atoms. The van der Waals surface area contributed by atoms with E-state index in [-0.39, 0.29) is 5.56 Å². The molecule has 0 amide bonds. The lowest BCUT2D eigenvalue weighted by molar-refractivity contribution is -0.147. The van der Waals surface area contributed by atoms with Crippen molar-refractivity contribution in [2.75, 3.05) is 0 Å². The van der Waals surface area contributed by atoms with E-state index in [4.69, 9.17) is 0 Å². The average Bonchev–Trinajstić information content (AvgIpc) is 2.83. The van der Waals surface area contributed by atoms with Crippen LogP contribution in [0, 0.1) is 34.9 Å². The molecular formula is C30H21F9. The zero-order valence-electron chi connectivity index (χ0n) is 20.7. The van der Waals surface area contributed by atoms with Crippen molar-refractivity contribution in [1.82, 2.24) is 0 Å². The fourth-order valence-electron chi connectivity index (χ4n) is 4.47. The predicted octanol–water partition coefficient (Wildman–Crippen LogP) is 10.1. The van der Waals surface area contributed by atoms with Gasteiger partial charge in [-0.05, 0) is 77.6 Å². The summed E-state index contributed by atoms with van der Waals surface area (Å²) in [5, 5.41) is 0. The second-order valence-corrected chi connectivity index (χ2v) is 9.19. The first kappa shape index (κ1) is 28.3. The number of rotatable bonds is 6. The maximum Gasteiger partial charge on any atom is 0.395 e. The van der Waals surface area contributed by atoms with Crippen molar-refractivity contribution in [3.63, 3.8) is 0 Å². The minimum Gasteiger partial charge on any atom is -0.207 e. The van der Waals surface area contributed by atoms with Gasteiger partial charge in [0.2, 0.25) is 0 Å². The van der Waals surface area contributed by atoms with Gasteiger partial charge in [0.1, 0.15) is 34.9 Å². The Morgan fingerprint density at radius 3 is 1.33 bits per heavy atom. The minimum atomic E-state index is -4.95. The van der Waals surface area contributed by atoms with Gasteiger partial charge >= 0.3 is 6.18 Å². The second kappa shape index (κ2) is 10.8. The summed E-state index contributed by atoms with van der Waals surface area (Å²) in [4.78, 5) is 0. The number of aryl methyl sites for hydroxylation is 1. The standard InChI is InChI=1S/C30H21F9/c1-3-4-16-5-7-17(8-6-16)18-9-23(33)28(24(34)10-18)20-13-25(35)29(26(36)14-20)19-11-21(31)27(22(32)12-19)15(2)30(37,38)39/h5-15H,3-4H2,1-2H3. The lowest BCUT2D eigenvalue weighted by Crippen LogP contribution is -2.20. The summed E-state index contributed by atoms with van der Waals surface area (Å²) in [7, 11) is 0. The third-order valence-electron chi connectivity index (χ3n) is 6.49. The fourth-order valence-corrected chi connectivity index (χ4v) is 4.47. The number of benzene rings is 4. The molecule has 0 nitrogen and oxygen atoms in total. The molecule has 0 aromatic heterocycles. The lowest BCUT2D eigenvalue weighted by atomic mass is 9.93. The average molecular weight is 552 g/mol. The molecule has 204 valence electrons. The molecule has 1 atom stereocenters. The topological polar surface area (TPSA) is 0 Å². The molecule has 0 aliphatic carbocycles. The first-order chi connectivity index (χ1) is 18.3. The summed E-state index contributed by atoms with van der Waals surface area (Å²) >= 11 is 0. The van der Waals surface area contributed by atoms with Gasteiger partial charge < -0.3 is 0 Å². The van der Waals surface area contributed by atoms with Gasteiger partial charge in [0.25, 0.3) is 0 Å². The number of alkyl halides is 3. The van der Waals surface area contributed by atoms with Crippen molar-refractivity contribution in [2.45, 2.75) is 38.8 Å². The number of halogens is 9. The summed E-state index contributed by atoms with van der Waals surface area (Å²) in [5.74, 6) is -10.8. The van der Waals surface area contributed by atoms with Crippen LogP contribution in [0.4, 0.5) is 39.5 Å². The molecule has 4 rings (SSSR count). The zero-order chi connectivity index (χ0) is 28.6. The molecule has 0 radical (unpaired) electrons. The van der Waals surface area contributed by atoms with E-state index in [2.05, 4.69) is 0 Å². The highest BCUT2D eigenvalue weighted by molar-refractivity contribution is 5.75. The van der Waals surface area contributed by atoms with Crippen molar-refractivity contribution < 1.29 is 39.5 Å². The van der Waals surface area contributed by atoms with Crippen LogP contribution >= 0.6 is 0 Å². The Morgan fingerprint density at radius 1 is 0.564 bits per heavy atom. The maximum atomic E-state index is 15.0. The first-order valence-corrected chi connectivity index (χ1v) is 12.0. The molecule has 4 aromatic carbocycles. The van der Waals surface area contributed by atoms with E-state index in [0.717, 1.165) is 30.5 Å². The maximum absolute atomic E-state index is 15.0. The zero-order valence-corrected chi connectivity index (χ0v) is 20.7. The Bertz CT molecular complexity index is 1450. The van der Waals surface area contributed by atoms with E-state index in [0.29, 0.717) is 36.8 Å². The minimum absolute atomic E-state index is 0.202. The van der Waals surface area contributed by atoms with E-state index in [1.165, 1.54) is 0 Å². The Labute approximate surface area is 218 Å². The highest BCUT2D eigenvalue weighted by Crippen LogP contribution is 2.40. The Kier molecular flexibility index (Phi) is 7.82. The van der Waals surface area contributed by atoms with Crippen molar-refractivity contribution in [3.05, 3.63) is 107 Å². The molecule has 0 aliphatic rings. The van der Waals surface area contributed by atoms with E-state index >= 15 is 8.78 Å². The van der Waals surface area contributed by atoms with Crippen molar-refractivity contribution in [1.29, 1.82) is 0 Å². The van der Waals surface area contributed by atoms with Crippen molar-refractivity contribution >= 4 is 0 Å². The monoisotopic (exact) mass is 552 g/mol. The third kappa shape index (κ3) is 5.67. The summed E-state index contributed by atoms with van der Waals surface area (Å²) in [6.45, 7) is 2.56. The normalized spacial score (nSPS) is 12.6. The van der Waals surface area contributed by atoms with Crippen LogP contribution < -0.4 is 0 Å². The van der Waals surface area contributed by atoms with Gasteiger partial charge in [-0.15, -0.1) is 0 Å². The molecule has 39 heavy (non-hydrogen) atoms.